The predicted molar refractivity (Wildman–Crippen MR) is 125 cm³/mol. The van der Waals surface area contributed by atoms with Gasteiger partial charge in [-0.3, -0.25) is 19.8 Å². The Morgan fingerprint density at radius 2 is 1.62 bits per heavy atom. The molecule has 0 fully saturated rings. The van der Waals surface area contributed by atoms with E-state index in [2.05, 4.69) is 5.32 Å². The van der Waals surface area contributed by atoms with Crippen LogP contribution in [0.1, 0.15) is 37.7 Å². The van der Waals surface area contributed by atoms with Crippen molar-refractivity contribution in [1.29, 1.82) is 0 Å². The van der Waals surface area contributed by atoms with Gasteiger partial charge in [0.1, 0.15) is 11.5 Å². The zero-order chi connectivity index (χ0) is 23.2. The molecule has 0 bridgehead atoms. The molecule has 2 aromatic rings. The first kappa shape index (κ1) is 25.5. The minimum atomic E-state index is -0.434. The van der Waals surface area contributed by atoms with Crippen LogP contribution in [0.2, 0.25) is 0 Å². The summed E-state index contributed by atoms with van der Waals surface area (Å²) in [6.07, 6.45) is 4.29. The fraction of sp³-hybridized carbons (Fsp3) is 0.458. The average Bonchev–Trinajstić information content (AvgIpc) is 2.78. The first-order valence-electron chi connectivity index (χ1n) is 11.1. The number of unbranched alkanes of at least 4 members (excludes halogenated alkanes) is 3. The van der Waals surface area contributed by atoms with Crippen LogP contribution in [0.4, 0.5) is 17.1 Å². The number of nitro benzene ring substituents is 1. The lowest BCUT2D eigenvalue weighted by molar-refractivity contribution is -0.384. The number of hydrogen-bond acceptors (Lipinski definition) is 7. The van der Waals surface area contributed by atoms with Gasteiger partial charge in [0.15, 0.2) is 0 Å². The molecule has 0 spiro atoms. The van der Waals surface area contributed by atoms with E-state index in [1.54, 1.807) is 12.1 Å². The third-order valence-corrected chi connectivity index (χ3v) is 5.23. The largest absolute Gasteiger partial charge is 0.395 e. The fourth-order valence-corrected chi connectivity index (χ4v) is 3.57. The van der Waals surface area contributed by atoms with Gasteiger partial charge in [0.05, 0.1) is 18.1 Å². The van der Waals surface area contributed by atoms with Gasteiger partial charge in [0.25, 0.3) is 5.69 Å². The van der Waals surface area contributed by atoms with Crippen LogP contribution in [0, 0.1) is 10.1 Å². The van der Waals surface area contributed by atoms with E-state index in [1.807, 2.05) is 35.2 Å². The number of carbonyl (C=O) groups is 1. The molecule has 8 nitrogen and oxygen atoms in total. The van der Waals surface area contributed by atoms with Gasteiger partial charge >= 0.3 is 0 Å². The lowest BCUT2D eigenvalue weighted by Gasteiger charge is -2.19. The number of nitro groups is 1. The highest BCUT2D eigenvalue weighted by atomic mass is 16.6. The first-order chi connectivity index (χ1) is 15.5. The molecule has 0 aliphatic heterocycles. The maximum Gasteiger partial charge on any atom is 0.292 e. The second-order valence-corrected chi connectivity index (χ2v) is 7.77. The number of Topliss-reactive ketones (excluding diaryl/α,β-unsaturated/α-hetero) is 1. The molecule has 174 valence electrons. The van der Waals surface area contributed by atoms with Crippen LogP contribution in [0.25, 0.3) is 0 Å². The molecule has 2 rings (SSSR count). The van der Waals surface area contributed by atoms with Crippen molar-refractivity contribution in [2.24, 2.45) is 0 Å². The lowest BCUT2D eigenvalue weighted by Crippen LogP contribution is -2.30. The van der Waals surface area contributed by atoms with Crippen molar-refractivity contribution < 1.29 is 19.9 Å². The molecule has 0 atom stereocenters. The van der Waals surface area contributed by atoms with Gasteiger partial charge < -0.3 is 15.5 Å². The summed E-state index contributed by atoms with van der Waals surface area (Å²) < 4.78 is 0. The van der Waals surface area contributed by atoms with Crippen molar-refractivity contribution in [3.8, 4) is 0 Å². The Morgan fingerprint density at radius 1 is 0.938 bits per heavy atom. The maximum absolute atomic E-state index is 12.3. The van der Waals surface area contributed by atoms with Gasteiger partial charge in [-0.15, -0.1) is 0 Å². The number of rotatable bonds is 16. The summed E-state index contributed by atoms with van der Waals surface area (Å²) in [7, 11) is 0. The second kappa shape index (κ2) is 14.3. The molecular formula is C24H33N3O5. The Morgan fingerprint density at radius 3 is 2.28 bits per heavy atom. The molecule has 3 N–H and O–H groups in total. The molecule has 0 saturated carbocycles. The Labute approximate surface area is 189 Å². The number of aliphatic hydroxyl groups is 2. The van der Waals surface area contributed by atoms with Gasteiger partial charge in [-0.1, -0.05) is 37.1 Å². The van der Waals surface area contributed by atoms with Crippen LogP contribution in [0.3, 0.4) is 0 Å². The summed E-state index contributed by atoms with van der Waals surface area (Å²) in [5.41, 5.74) is 1.75. The first-order valence-corrected chi connectivity index (χ1v) is 11.1. The molecule has 32 heavy (non-hydrogen) atoms. The van der Waals surface area contributed by atoms with Crippen molar-refractivity contribution in [2.75, 3.05) is 38.2 Å². The third kappa shape index (κ3) is 9.13. The Balaban J connectivity index is 1.78. The molecule has 0 aromatic heterocycles. The number of benzene rings is 2. The van der Waals surface area contributed by atoms with Crippen molar-refractivity contribution in [2.45, 2.75) is 38.5 Å². The Hall–Kier alpha value is -2.81. The molecule has 2 aromatic carbocycles. The van der Waals surface area contributed by atoms with Crippen LogP contribution in [-0.4, -0.2) is 58.7 Å². The molecule has 0 radical (unpaired) electrons. The van der Waals surface area contributed by atoms with Crippen molar-refractivity contribution in [3.05, 3.63) is 64.2 Å². The normalized spacial score (nSPS) is 11.0. The molecular weight excluding hydrogens is 410 g/mol. The number of hydrogen-bond donors (Lipinski definition) is 3. The van der Waals surface area contributed by atoms with Crippen LogP contribution < -0.4 is 5.32 Å². The fourth-order valence-electron chi connectivity index (χ4n) is 3.57. The highest BCUT2D eigenvalue weighted by Gasteiger charge is 2.16. The molecule has 8 heteroatoms. The standard InChI is InChI=1S/C24H33N3O5/c28-16-14-26(15-17-29)13-7-2-1-6-10-22(30)18-20-11-12-23(24(19-20)27(31)32)25-21-8-4-3-5-9-21/h3-5,8-9,11-12,19,25,28-29H,1-2,6-7,10,13-18H2. The summed E-state index contributed by atoms with van der Waals surface area (Å²) in [5, 5.41) is 32.6. The molecule has 0 aliphatic rings. The average molecular weight is 444 g/mol. The zero-order valence-electron chi connectivity index (χ0n) is 18.4. The van der Waals surface area contributed by atoms with Gasteiger partial charge in [-0.2, -0.15) is 0 Å². The summed E-state index contributed by atoms with van der Waals surface area (Å²) in [4.78, 5) is 25.4. The predicted octanol–water partition coefficient (Wildman–Crippen LogP) is 3.69. The highest BCUT2D eigenvalue weighted by molar-refractivity contribution is 5.81. The van der Waals surface area contributed by atoms with E-state index < -0.39 is 4.92 Å². The SMILES string of the molecule is O=C(CCCCCCN(CCO)CCO)Cc1ccc(Nc2ccccc2)c([N+](=O)[O-])c1. The van der Waals surface area contributed by atoms with E-state index in [0.717, 1.165) is 37.9 Å². The zero-order valence-corrected chi connectivity index (χ0v) is 18.4. The Bertz CT molecular complexity index is 839. The van der Waals surface area contributed by atoms with Gasteiger partial charge in [0, 0.05) is 37.7 Å². The van der Waals surface area contributed by atoms with E-state index in [1.165, 1.54) is 6.07 Å². The monoisotopic (exact) mass is 443 g/mol. The maximum atomic E-state index is 12.3. The molecule has 0 aliphatic carbocycles. The van der Waals surface area contributed by atoms with Gasteiger partial charge in [0.2, 0.25) is 0 Å². The van der Waals surface area contributed by atoms with Crippen molar-refractivity contribution >= 4 is 22.8 Å². The Kier molecular flexibility index (Phi) is 11.4. The number of nitrogens with one attached hydrogen (secondary N) is 1. The van der Waals surface area contributed by atoms with E-state index in [-0.39, 0.29) is 31.1 Å². The number of aliphatic hydroxyl groups excluding tert-OH is 2. The minimum absolute atomic E-state index is 0.0468. The number of nitrogens with zero attached hydrogens (tertiary/aromatic N) is 2. The van der Waals surface area contributed by atoms with Crippen molar-refractivity contribution in [1.82, 2.24) is 4.90 Å². The number of ketones is 1. The lowest BCUT2D eigenvalue weighted by atomic mass is 10.0. The van der Waals surface area contributed by atoms with E-state index in [0.29, 0.717) is 30.8 Å². The second-order valence-electron chi connectivity index (χ2n) is 7.77. The summed E-state index contributed by atoms with van der Waals surface area (Å²) in [6, 6.07) is 14.1. The van der Waals surface area contributed by atoms with Crippen molar-refractivity contribution in [3.63, 3.8) is 0 Å². The molecule has 0 amide bonds. The topological polar surface area (TPSA) is 116 Å². The van der Waals surface area contributed by atoms with E-state index in [9.17, 15) is 14.9 Å². The number of para-hydroxylation sites is 1. The van der Waals surface area contributed by atoms with E-state index in [4.69, 9.17) is 10.2 Å². The number of carbonyl (C=O) groups excluding carboxylic acids is 1. The van der Waals surface area contributed by atoms with Crippen LogP contribution >= 0.6 is 0 Å². The van der Waals surface area contributed by atoms with E-state index >= 15 is 0 Å². The van der Waals surface area contributed by atoms with Crippen LogP contribution in [-0.2, 0) is 11.2 Å². The van der Waals surface area contributed by atoms with Gasteiger partial charge in [-0.05, 0) is 43.1 Å². The molecule has 0 unspecified atom stereocenters. The highest BCUT2D eigenvalue weighted by Crippen LogP contribution is 2.29. The number of anilines is 2. The quantitative estimate of drug-likeness (QED) is 0.206. The smallest absolute Gasteiger partial charge is 0.292 e. The summed E-state index contributed by atoms with van der Waals surface area (Å²) >= 11 is 0. The summed E-state index contributed by atoms with van der Waals surface area (Å²) in [5.74, 6) is 0.0743. The van der Waals surface area contributed by atoms with Crippen LogP contribution in [0.5, 0.6) is 0 Å². The van der Waals surface area contributed by atoms with Gasteiger partial charge in [-0.25, -0.2) is 0 Å². The van der Waals surface area contributed by atoms with Crippen LogP contribution in [0.15, 0.2) is 48.5 Å². The summed E-state index contributed by atoms with van der Waals surface area (Å²) in [6.45, 7) is 2.10. The molecule has 0 heterocycles. The molecule has 0 saturated heterocycles. The third-order valence-electron chi connectivity index (χ3n) is 5.23. The minimum Gasteiger partial charge on any atom is -0.395 e.